The normalized spacial score (nSPS) is 14.0. The summed E-state index contributed by atoms with van der Waals surface area (Å²) in [6, 6.07) is 1.37. The van der Waals surface area contributed by atoms with Crippen molar-refractivity contribution in [1.82, 2.24) is 0 Å². The molecule has 11 heteroatoms. The van der Waals surface area contributed by atoms with Gasteiger partial charge in [0, 0.05) is 5.56 Å². The average Bonchev–Trinajstić information content (AvgIpc) is 2.38. The van der Waals surface area contributed by atoms with E-state index in [1.165, 1.54) is 0 Å². The van der Waals surface area contributed by atoms with Crippen LogP contribution in [-0.4, -0.2) is 29.7 Å². The van der Waals surface area contributed by atoms with Crippen LogP contribution < -0.4 is 0 Å². The Kier molecular flexibility index (Phi) is 4.50. The van der Waals surface area contributed by atoms with Gasteiger partial charge in [-0.1, -0.05) is 6.07 Å². The van der Waals surface area contributed by atoms with E-state index in [1.807, 2.05) is 0 Å². The Bertz CT molecular complexity index is 617. The molecule has 0 heterocycles. The van der Waals surface area contributed by atoms with Crippen LogP contribution in [0.5, 0.6) is 0 Å². The van der Waals surface area contributed by atoms with E-state index < -0.39 is 46.7 Å². The topological polar surface area (TPSA) is 17.1 Å². The number of aryl methyl sites for hydroxylation is 1. The van der Waals surface area contributed by atoms with Crippen molar-refractivity contribution in [2.75, 3.05) is 0 Å². The van der Waals surface area contributed by atoms with E-state index in [1.54, 1.807) is 0 Å². The van der Waals surface area contributed by atoms with Gasteiger partial charge >= 0.3 is 23.9 Å². The molecule has 0 saturated carbocycles. The molecule has 23 heavy (non-hydrogen) atoms. The van der Waals surface area contributed by atoms with Crippen molar-refractivity contribution in [3.05, 3.63) is 35.1 Å². The third-order valence-electron chi connectivity index (χ3n) is 2.87. The summed E-state index contributed by atoms with van der Waals surface area (Å²) in [5.41, 5.74) is -1.95. The van der Waals surface area contributed by atoms with E-state index in [-0.39, 0.29) is 6.07 Å². The van der Waals surface area contributed by atoms with Crippen molar-refractivity contribution in [1.29, 1.82) is 0 Å². The predicted octanol–water partition coefficient (Wildman–Crippen LogP) is 4.79. The molecule has 0 spiro atoms. The zero-order valence-corrected chi connectivity index (χ0v) is 10.9. The van der Waals surface area contributed by atoms with Crippen molar-refractivity contribution >= 4 is 5.78 Å². The number of ketones is 1. The Morgan fingerprint density at radius 2 is 1.35 bits per heavy atom. The molecular weight excluding hydrogens is 350 g/mol. The molecule has 1 rings (SSSR count). The molecule has 0 unspecified atom stereocenters. The summed E-state index contributed by atoms with van der Waals surface area (Å²) in [4.78, 5) is 11.4. The highest BCUT2D eigenvalue weighted by molar-refractivity contribution is 6.03. The third kappa shape index (κ3) is 2.88. The van der Waals surface area contributed by atoms with Crippen LogP contribution in [0.4, 0.5) is 43.9 Å². The Morgan fingerprint density at radius 1 is 0.870 bits per heavy atom. The number of Topliss-reactive ketones (excluding diaryl/α,β-unsaturated/α-hetero) is 1. The SMILES string of the molecule is Cc1ccc(F)cc1C(=O)C(F)(F)C(F)(F)C(F)(F)C(F)(F)F. The van der Waals surface area contributed by atoms with Crippen LogP contribution in [0, 0.1) is 12.7 Å². The molecule has 0 bridgehead atoms. The fourth-order valence-corrected chi connectivity index (χ4v) is 1.53. The highest BCUT2D eigenvalue weighted by Crippen LogP contribution is 2.53. The Morgan fingerprint density at radius 3 is 1.78 bits per heavy atom. The van der Waals surface area contributed by atoms with Gasteiger partial charge in [-0.3, -0.25) is 4.79 Å². The largest absolute Gasteiger partial charge is 0.460 e. The lowest BCUT2D eigenvalue weighted by atomic mass is 9.93. The molecule has 1 nitrogen and oxygen atoms in total. The van der Waals surface area contributed by atoms with Crippen molar-refractivity contribution in [3.8, 4) is 0 Å². The smallest absolute Gasteiger partial charge is 0.287 e. The number of carbonyl (C=O) groups excluding carboxylic acids is 1. The van der Waals surface area contributed by atoms with Crippen LogP contribution in [0.1, 0.15) is 15.9 Å². The van der Waals surface area contributed by atoms with E-state index in [9.17, 15) is 48.7 Å². The maximum absolute atomic E-state index is 13.4. The molecule has 0 saturated heterocycles. The number of hydrogen-bond acceptors (Lipinski definition) is 1. The van der Waals surface area contributed by atoms with Crippen LogP contribution in [0.3, 0.4) is 0 Å². The minimum Gasteiger partial charge on any atom is -0.287 e. The minimum atomic E-state index is -7.18. The average molecular weight is 356 g/mol. The van der Waals surface area contributed by atoms with E-state index in [0.29, 0.717) is 12.1 Å². The maximum Gasteiger partial charge on any atom is 0.460 e. The first-order valence-corrected chi connectivity index (χ1v) is 5.58. The fourth-order valence-electron chi connectivity index (χ4n) is 1.53. The van der Waals surface area contributed by atoms with Crippen molar-refractivity contribution in [2.24, 2.45) is 0 Å². The van der Waals surface area contributed by atoms with Gasteiger partial charge in [-0.15, -0.1) is 0 Å². The summed E-state index contributed by atoms with van der Waals surface area (Å²) in [5.74, 6) is -25.1. The highest BCUT2D eigenvalue weighted by atomic mass is 19.4. The van der Waals surface area contributed by atoms with Gasteiger partial charge in [-0.2, -0.15) is 39.5 Å². The van der Waals surface area contributed by atoms with Crippen LogP contribution in [-0.2, 0) is 0 Å². The molecule has 1 aromatic rings. The van der Waals surface area contributed by atoms with E-state index >= 15 is 0 Å². The molecule has 0 aliphatic carbocycles. The summed E-state index contributed by atoms with van der Waals surface area (Å²) >= 11 is 0. The van der Waals surface area contributed by atoms with E-state index in [0.717, 1.165) is 6.92 Å². The first-order valence-electron chi connectivity index (χ1n) is 5.58. The monoisotopic (exact) mass is 356 g/mol. The van der Waals surface area contributed by atoms with Gasteiger partial charge in [0.2, 0.25) is 5.78 Å². The zero-order valence-electron chi connectivity index (χ0n) is 10.9. The quantitative estimate of drug-likeness (QED) is 0.560. The standard InChI is InChI=1S/C12H6F10O/c1-5-2-3-6(13)4-7(5)8(23)9(14,15)10(16,17)11(18,19)12(20,21)22/h2-4H,1H3. The van der Waals surface area contributed by atoms with E-state index in [4.69, 9.17) is 0 Å². The predicted molar refractivity (Wildman–Crippen MR) is 56.4 cm³/mol. The lowest BCUT2D eigenvalue weighted by Crippen LogP contribution is -2.63. The molecule has 0 radical (unpaired) electrons. The van der Waals surface area contributed by atoms with Crippen molar-refractivity contribution in [3.63, 3.8) is 0 Å². The van der Waals surface area contributed by atoms with Gasteiger partial charge in [-0.25, -0.2) is 4.39 Å². The van der Waals surface area contributed by atoms with Crippen molar-refractivity contribution in [2.45, 2.75) is 30.9 Å². The van der Waals surface area contributed by atoms with Gasteiger partial charge in [0.15, 0.2) is 0 Å². The number of alkyl halides is 9. The zero-order chi connectivity index (χ0) is 18.4. The molecule has 1 aromatic carbocycles. The summed E-state index contributed by atoms with van der Waals surface area (Å²) in [6.07, 6.45) is -7.03. The maximum atomic E-state index is 13.4. The van der Waals surface area contributed by atoms with Gasteiger partial charge < -0.3 is 0 Å². The third-order valence-corrected chi connectivity index (χ3v) is 2.87. The van der Waals surface area contributed by atoms with Gasteiger partial charge in [0.25, 0.3) is 0 Å². The van der Waals surface area contributed by atoms with Crippen LogP contribution in [0.2, 0.25) is 0 Å². The Labute approximate surface area is 121 Å². The number of hydrogen-bond donors (Lipinski definition) is 0. The lowest BCUT2D eigenvalue weighted by molar-refractivity contribution is -0.386. The number of halogens is 10. The summed E-state index contributed by atoms with van der Waals surface area (Å²) in [7, 11) is 0. The lowest BCUT2D eigenvalue weighted by Gasteiger charge is -2.32. The second kappa shape index (κ2) is 5.38. The molecule has 130 valence electrons. The van der Waals surface area contributed by atoms with Gasteiger partial charge in [-0.05, 0) is 24.6 Å². The van der Waals surface area contributed by atoms with Gasteiger partial charge in [0.1, 0.15) is 5.82 Å². The molecule has 0 atom stereocenters. The first kappa shape index (κ1) is 19.2. The summed E-state index contributed by atoms with van der Waals surface area (Å²) in [6.45, 7) is 0.878. The van der Waals surface area contributed by atoms with Crippen molar-refractivity contribution < 1.29 is 48.7 Å². The molecule has 0 N–H and O–H groups in total. The summed E-state index contributed by atoms with van der Waals surface area (Å²) in [5, 5.41) is 0. The van der Waals surface area contributed by atoms with Crippen LogP contribution >= 0.6 is 0 Å². The highest BCUT2D eigenvalue weighted by Gasteiger charge is 2.83. The molecule has 0 amide bonds. The van der Waals surface area contributed by atoms with E-state index in [2.05, 4.69) is 0 Å². The first-order chi connectivity index (χ1) is 10.1. The van der Waals surface area contributed by atoms with Crippen LogP contribution in [0.25, 0.3) is 0 Å². The van der Waals surface area contributed by atoms with Gasteiger partial charge in [0.05, 0.1) is 0 Å². The Hall–Kier alpha value is -1.81. The Balaban J connectivity index is 3.45. The number of rotatable bonds is 4. The molecular formula is C12H6F10O. The minimum absolute atomic E-state index is 0.0351. The molecule has 0 aliphatic heterocycles. The molecule has 0 aliphatic rings. The number of carbonyl (C=O) groups is 1. The fraction of sp³-hybridized carbons (Fsp3) is 0.417. The number of benzene rings is 1. The second-order valence-electron chi connectivity index (χ2n) is 4.51. The summed E-state index contributed by atoms with van der Waals surface area (Å²) < 4.78 is 127. The molecule has 0 aromatic heterocycles. The van der Waals surface area contributed by atoms with Crippen LogP contribution in [0.15, 0.2) is 18.2 Å². The molecule has 0 fully saturated rings. The second-order valence-corrected chi connectivity index (χ2v) is 4.51.